The Balaban J connectivity index is 1.64. The zero-order valence-corrected chi connectivity index (χ0v) is 27.8. The summed E-state index contributed by atoms with van der Waals surface area (Å²) in [5.41, 5.74) is 5.61. The standard InChI is InChI=1S/C32H45IO6S2/c34-40(35,36)25-17-7-3-1-5-15-23-29-30(24-16-6-2-4-8-18-26-41(37,38)39)33-32(28-21-13-10-14-22-28)31(29)27-19-11-9-12-20-27/h9-14,19-22,33H,1-8,15-18,23-26H2,(H,34,35,36)(H,37,38,39). The van der Waals surface area contributed by atoms with Crippen molar-refractivity contribution < 1.29 is 25.9 Å². The van der Waals surface area contributed by atoms with Gasteiger partial charge in [0.05, 0.1) is 0 Å². The molecule has 0 aliphatic carbocycles. The molecule has 0 bridgehead atoms. The Labute approximate surface area is 257 Å². The average molecular weight is 717 g/mol. The first-order valence-electron chi connectivity index (χ1n) is 14.8. The first-order chi connectivity index (χ1) is 19.6. The summed E-state index contributed by atoms with van der Waals surface area (Å²) < 4.78 is 64.7. The molecule has 9 heteroatoms. The van der Waals surface area contributed by atoms with Crippen molar-refractivity contribution in [2.75, 3.05) is 11.5 Å². The van der Waals surface area contributed by atoms with Crippen molar-refractivity contribution in [3.05, 3.63) is 80.9 Å². The number of halogens is 1. The maximum atomic E-state index is 10.9. The molecular weight excluding hydrogens is 671 g/mol. The van der Waals surface area contributed by atoms with Crippen LogP contribution in [0.4, 0.5) is 0 Å². The summed E-state index contributed by atoms with van der Waals surface area (Å²) in [6.07, 6.45) is 13.5. The van der Waals surface area contributed by atoms with E-state index in [-0.39, 0.29) is 11.5 Å². The molecular formula is C32H45IO6S2. The van der Waals surface area contributed by atoms with Crippen LogP contribution in [0.15, 0.2) is 69.8 Å². The Bertz CT molecular complexity index is 1350. The molecule has 41 heavy (non-hydrogen) atoms. The van der Waals surface area contributed by atoms with Crippen LogP contribution < -0.4 is 0 Å². The van der Waals surface area contributed by atoms with E-state index in [2.05, 4.69) is 60.7 Å². The molecule has 6 nitrogen and oxygen atoms in total. The molecule has 2 N–H and O–H groups in total. The molecule has 0 fully saturated rings. The van der Waals surface area contributed by atoms with Crippen LogP contribution in [0.25, 0.3) is 9.15 Å². The Morgan fingerprint density at radius 2 is 0.927 bits per heavy atom. The summed E-state index contributed by atoms with van der Waals surface area (Å²) in [6, 6.07) is 21.6. The van der Waals surface area contributed by atoms with Crippen molar-refractivity contribution in [1.82, 2.24) is 0 Å². The molecule has 2 aromatic rings. The normalized spacial score (nSPS) is 14.5. The molecule has 0 aromatic heterocycles. The van der Waals surface area contributed by atoms with Gasteiger partial charge in [-0.25, -0.2) is 0 Å². The van der Waals surface area contributed by atoms with Gasteiger partial charge in [0, 0.05) is 0 Å². The van der Waals surface area contributed by atoms with Crippen LogP contribution in [0.1, 0.15) is 101 Å². The molecule has 0 saturated carbocycles. The zero-order chi connectivity index (χ0) is 29.6. The molecule has 3 rings (SSSR count). The van der Waals surface area contributed by atoms with Crippen LogP contribution >= 0.6 is 21.2 Å². The van der Waals surface area contributed by atoms with Crippen LogP contribution in [0.3, 0.4) is 0 Å². The first-order valence-corrected chi connectivity index (χ1v) is 20.3. The summed E-state index contributed by atoms with van der Waals surface area (Å²) >= 11 is -0.508. The molecule has 0 radical (unpaired) electrons. The second kappa shape index (κ2) is 17.6. The monoisotopic (exact) mass is 716 g/mol. The summed E-state index contributed by atoms with van der Waals surface area (Å²) in [5.74, 6) is -0.291. The zero-order valence-electron chi connectivity index (χ0n) is 23.8. The maximum absolute atomic E-state index is 10.9. The van der Waals surface area contributed by atoms with E-state index < -0.39 is 41.4 Å². The van der Waals surface area contributed by atoms with Gasteiger partial charge in [0.1, 0.15) is 0 Å². The number of allylic oxidation sites excluding steroid dienone is 3. The van der Waals surface area contributed by atoms with E-state index in [0.717, 1.165) is 77.0 Å². The number of unbranched alkanes of at least 4 members (excludes halogenated alkanes) is 10. The average Bonchev–Trinajstić information content (AvgIpc) is 3.29. The van der Waals surface area contributed by atoms with E-state index in [1.807, 2.05) is 0 Å². The van der Waals surface area contributed by atoms with E-state index in [4.69, 9.17) is 9.11 Å². The molecule has 0 unspecified atom stereocenters. The number of benzene rings is 2. The van der Waals surface area contributed by atoms with Gasteiger partial charge in [0.2, 0.25) is 0 Å². The van der Waals surface area contributed by atoms with Crippen LogP contribution in [-0.4, -0.2) is 37.4 Å². The van der Waals surface area contributed by atoms with Gasteiger partial charge in [-0.15, -0.1) is 0 Å². The van der Waals surface area contributed by atoms with Gasteiger partial charge >= 0.3 is 259 Å². The fourth-order valence-electron chi connectivity index (χ4n) is 5.25. The fourth-order valence-corrected chi connectivity index (χ4v) is 10.4. The molecule has 0 atom stereocenters. The molecule has 1 aliphatic heterocycles. The Morgan fingerprint density at radius 1 is 0.512 bits per heavy atom. The van der Waals surface area contributed by atoms with Gasteiger partial charge in [-0.2, -0.15) is 0 Å². The minimum atomic E-state index is -3.86. The third-order valence-electron chi connectivity index (χ3n) is 7.32. The summed E-state index contributed by atoms with van der Waals surface area (Å²) in [7, 11) is -7.71. The van der Waals surface area contributed by atoms with Crippen LogP contribution in [-0.2, 0) is 20.2 Å². The van der Waals surface area contributed by atoms with Gasteiger partial charge in [-0.05, 0) is 0 Å². The number of rotatable bonds is 20. The fraction of sp³-hybridized carbons (Fsp3) is 0.500. The second-order valence-corrected chi connectivity index (χ2v) is 17.1. The second-order valence-electron chi connectivity index (χ2n) is 10.8. The van der Waals surface area contributed by atoms with Crippen molar-refractivity contribution in [2.24, 2.45) is 0 Å². The van der Waals surface area contributed by atoms with Gasteiger partial charge in [0.25, 0.3) is 0 Å². The molecule has 2 aromatic carbocycles. The predicted molar refractivity (Wildman–Crippen MR) is 180 cm³/mol. The van der Waals surface area contributed by atoms with Gasteiger partial charge < -0.3 is 0 Å². The van der Waals surface area contributed by atoms with Crippen molar-refractivity contribution in [3.8, 4) is 0 Å². The third-order valence-corrected chi connectivity index (χ3v) is 12.8. The van der Waals surface area contributed by atoms with Crippen molar-refractivity contribution >= 4 is 50.6 Å². The van der Waals surface area contributed by atoms with Crippen molar-refractivity contribution in [3.63, 3.8) is 0 Å². The Kier molecular flexibility index (Phi) is 14.5. The van der Waals surface area contributed by atoms with Crippen molar-refractivity contribution in [2.45, 2.75) is 89.9 Å². The van der Waals surface area contributed by atoms with E-state index in [0.29, 0.717) is 12.8 Å². The van der Waals surface area contributed by atoms with Crippen molar-refractivity contribution in [1.29, 1.82) is 0 Å². The topological polar surface area (TPSA) is 109 Å². The van der Waals surface area contributed by atoms with Crippen LogP contribution in [0, 0.1) is 0 Å². The molecule has 228 valence electrons. The third kappa shape index (κ3) is 13.1. The van der Waals surface area contributed by atoms with E-state index in [1.54, 1.807) is 3.58 Å². The van der Waals surface area contributed by atoms with Gasteiger partial charge in [-0.1, -0.05) is 0 Å². The SMILES string of the molecule is O=S(=O)(O)CCCCCCCCC1=C(CCCCCCCCS(=O)(=O)O)C(c2ccccc2)=C(c2ccccc2)[IH]1. The first kappa shape index (κ1) is 34.0. The molecule has 1 heterocycles. The Morgan fingerprint density at radius 3 is 1.41 bits per heavy atom. The summed E-state index contributed by atoms with van der Waals surface area (Å²) in [4.78, 5) is 0. The van der Waals surface area contributed by atoms with E-state index in [9.17, 15) is 16.8 Å². The summed E-state index contributed by atoms with van der Waals surface area (Å²) in [6.45, 7) is 0. The molecule has 0 spiro atoms. The number of hydrogen-bond donors (Lipinski definition) is 2. The van der Waals surface area contributed by atoms with Gasteiger partial charge in [0.15, 0.2) is 0 Å². The molecule has 0 saturated heterocycles. The van der Waals surface area contributed by atoms with Crippen LogP contribution in [0.5, 0.6) is 0 Å². The van der Waals surface area contributed by atoms with E-state index in [1.165, 1.54) is 25.9 Å². The molecule has 0 amide bonds. The summed E-state index contributed by atoms with van der Waals surface area (Å²) in [5, 5.41) is 0. The Hall–Kier alpha value is -1.53. The van der Waals surface area contributed by atoms with Crippen LogP contribution in [0.2, 0.25) is 0 Å². The molecule has 1 aliphatic rings. The predicted octanol–water partition coefficient (Wildman–Crippen LogP) is 8.76. The quantitative estimate of drug-likeness (QED) is 0.0806. The minimum absolute atomic E-state index is 0.144. The van der Waals surface area contributed by atoms with E-state index >= 15 is 0 Å². The number of hydrogen-bond acceptors (Lipinski definition) is 4. The van der Waals surface area contributed by atoms with Gasteiger partial charge in [-0.3, -0.25) is 0 Å².